The largest absolute Gasteiger partial charge is 0.378 e. The van der Waals surface area contributed by atoms with Gasteiger partial charge in [0.2, 0.25) is 0 Å². The first-order chi connectivity index (χ1) is 11.5. The molecule has 8 nitrogen and oxygen atoms in total. The highest BCUT2D eigenvalue weighted by atomic mass is 16.5. The maximum Gasteiger partial charge on any atom is 0.254 e. The number of rotatable bonds is 6. The van der Waals surface area contributed by atoms with Crippen LogP contribution >= 0.6 is 0 Å². The summed E-state index contributed by atoms with van der Waals surface area (Å²) in [6.07, 6.45) is 2.43. The second-order valence-corrected chi connectivity index (χ2v) is 5.85. The maximum atomic E-state index is 5.20. The van der Waals surface area contributed by atoms with Gasteiger partial charge in [0.25, 0.3) is 5.78 Å². The van der Waals surface area contributed by atoms with Crippen LogP contribution in [0.4, 0.5) is 5.82 Å². The summed E-state index contributed by atoms with van der Waals surface area (Å²) in [5.74, 6) is 1.40. The van der Waals surface area contributed by atoms with E-state index in [-0.39, 0.29) is 6.04 Å². The Kier molecular flexibility index (Phi) is 4.48. The fraction of sp³-hybridized carbons (Fsp3) is 0.500. The minimum atomic E-state index is 0.129. The van der Waals surface area contributed by atoms with Gasteiger partial charge in [-0.2, -0.15) is 19.7 Å². The number of hydrogen-bond acceptors (Lipinski definition) is 6. The van der Waals surface area contributed by atoms with Crippen molar-refractivity contribution in [3.8, 4) is 0 Å². The zero-order valence-electron chi connectivity index (χ0n) is 14.7. The lowest BCUT2D eigenvalue weighted by Crippen LogP contribution is -2.15. The molecular weight excluding hydrogens is 306 g/mol. The van der Waals surface area contributed by atoms with E-state index in [4.69, 9.17) is 4.74 Å². The van der Waals surface area contributed by atoms with Gasteiger partial charge in [-0.3, -0.25) is 4.68 Å². The zero-order valence-corrected chi connectivity index (χ0v) is 14.7. The first-order valence-electron chi connectivity index (χ1n) is 8.00. The molecule has 3 heterocycles. The van der Waals surface area contributed by atoms with Crippen molar-refractivity contribution in [2.45, 2.75) is 39.8 Å². The molecule has 3 rings (SSSR count). The molecule has 0 aromatic carbocycles. The molecule has 0 bridgehead atoms. The van der Waals surface area contributed by atoms with E-state index in [9.17, 15) is 0 Å². The Morgan fingerprint density at radius 1 is 1.33 bits per heavy atom. The van der Waals surface area contributed by atoms with E-state index < -0.39 is 0 Å². The van der Waals surface area contributed by atoms with E-state index in [0.717, 1.165) is 29.3 Å². The number of hydrogen-bond donors (Lipinski definition) is 1. The molecule has 0 saturated heterocycles. The summed E-state index contributed by atoms with van der Waals surface area (Å²) < 4.78 is 8.84. The Bertz CT molecular complexity index is 852. The molecule has 0 spiro atoms. The van der Waals surface area contributed by atoms with Crippen molar-refractivity contribution < 1.29 is 4.74 Å². The van der Waals surface area contributed by atoms with Gasteiger partial charge in [0.1, 0.15) is 12.1 Å². The summed E-state index contributed by atoms with van der Waals surface area (Å²) in [4.78, 5) is 8.63. The third-order valence-corrected chi connectivity index (χ3v) is 4.24. The van der Waals surface area contributed by atoms with E-state index in [2.05, 4.69) is 39.3 Å². The summed E-state index contributed by atoms with van der Waals surface area (Å²) in [6, 6.07) is 2.08. The first kappa shape index (κ1) is 16.4. The molecule has 0 saturated carbocycles. The SMILES string of the molecule is CCC(Nc1cc(COC)nc2ncnn12)c1c(C)nn(C)c1C. The summed E-state index contributed by atoms with van der Waals surface area (Å²) >= 11 is 0. The summed E-state index contributed by atoms with van der Waals surface area (Å²) in [7, 11) is 3.62. The highest BCUT2D eigenvalue weighted by Gasteiger charge is 2.20. The molecule has 3 aromatic heterocycles. The van der Waals surface area contributed by atoms with Gasteiger partial charge in [-0.05, 0) is 20.3 Å². The Morgan fingerprint density at radius 3 is 2.75 bits per heavy atom. The third-order valence-electron chi connectivity index (χ3n) is 4.24. The first-order valence-corrected chi connectivity index (χ1v) is 8.00. The molecule has 0 fully saturated rings. The Hall–Kier alpha value is -2.48. The fourth-order valence-electron chi connectivity index (χ4n) is 3.04. The monoisotopic (exact) mass is 329 g/mol. The van der Waals surface area contributed by atoms with Gasteiger partial charge >= 0.3 is 0 Å². The Morgan fingerprint density at radius 2 is 2.12 bits per heavy atom. The molecule has 0 radical (unpaired) electrons. The van der Waals surface area contributed by atoms with Gasteiger partial charge < -0.3 is 10.1 Å². The minimum Gasteiger partial charge on any atom is -0.378 e. The average Bonchev–Trinajstić information content (AvgIpc) is 3.11. The maximum absolute atomic E-state index is 5.20. The Balaban J connectivity index is 2.02. The molecule has 8 heteroatoms. The van der Waals surface area contributed by atoms with E-state index in [0.29, 0.717) is 12.4 Å². The molecule has 0 aliphatic rings. The smallest absolute Gasteiger partial charge is 0.254 e. The minimum absolute atomic E-state index is 0.129. The third kappa shape index (κ3) is 2.84. The fourth-order valence-corrected chi connectivity index (χ4v) is 3.04. The van der Waals surface area contributed by atoms with E-state index in [1.165, 1.54) is 11.9 Å². The van der Waals surface area contributed by atoms with Crippen LogP contribution in [-0.4, -0.2) is 36.5 Å². The second kappa shape index (κ2) is 6.56. The van der Waals surface area contributed by atoms with E-state index >= 15 is 0 Å². The Labute approximate surface area is 140 Å². The van der Waals surface area contributed by atoms with Crippen LogP contribution in [0.1, 0.15) is 42.0 Å². The van der Waals surface area contributed by atoms with Crippen LogP contribution in [0.15, 0.2) is 12.4 Å². The van der Waals surface area contributed by atoms with Gasteiger partial charge in [-0.1, -0.05) is 6.92 Å². The number of nitrogens with one attached hydrogen (secondary N) is 1. The van der Waals surface area contributed by atoms with Crippen molar-refractivity contribution in [2.24, 2.45) is 7.05 Å². The molecular formula is C16H23N7O. The molecule has 24 heavy (non-hydrogen) atoms. The lowest BCUT2D eigenvalue weighted by Gasteiger charge is -2.20. The van der Waals surface area contributed by atoms with Crippen molar-refractivity contribution in [1.82, 2.24) is 29.4 Å². The number of methoxy groups -OCH3 is 1. The molecule has 128 valence electrons. The number of nitrogens with zero attached hydrogens (tertiary/aromatic N) is 6. The van der Waals surface area contributed by atoms with Gasteiger partial charge in [-0.25, -0.2) is 4.98 Å². The van der Waals surface area contributed by atoms with Crippen LogP contribution < -0.4 is 5.32 Å². The normalized spacial score (nSPS) is 12.7. The number of anilines is 1. The summed E-state index contributed by atoms with van der Waals surface area (Å²) in [5.41, 5.74) is 4.23. The quantitative estimate of drug-likeness (QED) is 0.746. The van der Waals surface area contributed by atoms with Crippen LogP contribution in [0.2, 0.25) is 0 Å². The molecule has 1 N–H and O–H groups in total. The lowest BCUT2D eigenvalue weighted by atomic mass is 10.0. The van der Waals surface area contributed by atoms with Crippen molar-refractivity contribution >= 4 is 11.6 Å². The predicted molar refractivity (Wildman–Crippen MR) is 90.8 cm³/mol. The van der Waals surface area contributed by atoms with Crippen LogP contribution in [-0.2, 0) is 18.4 Å². The average molecular weight is 329 g/mol. The number of ether oxygens (including phenoxy) is 1. The molecule has 0 amide bonds. The highest BCUT2D eigenvalue weighted by Crippen LogP contribution is 2.27. The lowest BCUT2D eigenvalue weighted by molar-refractivity contribution is 0.181. The van der Waals surface area contributed by atoms with Gasteiger partial charge in [0.15, 0.2) is 0 Å². The van der Waals surface area contributed by atoms with Crippen LogP contribution in [0.3, 0.4) is 0 Å². The number of fused-ring (bicyclic) bond motifs is 1. The van der Waals surface area contributed by atoms with Gasteiger partial charge in [-0.15, -0.1) is 0 Å². The number of aryl methyl sites for hydroxylation is 2. The number of aromatic nitrogens is 6. The summed E-state index contributed by atoms with van der Waals surface area (Å²) in [6.45, 7) is 6.72. The van der Waals surface area contributed by atoms with Crippen LogP contribution in [0.5, 0.6) is 0 Å². The predicted octanol–water partition coefficient (Wildman–Crippen LogP) is 2.18. The standard InChI is InChI=1S/C16H23N7O/c1-6-13(15-10(2)21-22(4)11(15)3)20-14-7-12(8-24-5)19-16-17-9-18-23(14)16/h7,9,13,20H,6,8H2,1-5H3. The molecule has 1 atom stereocenters. The van der Waals surface area contributed by atoms with Gasteiger partial charge in [0, 0.05) is 31.5 Å². The van der Waals surface area contributed by atoms with Crippen molar-refractivity contribution in [2.75, 3.05) is 12.4 Å². The van der Waals surface area contributed by atoms with Crippen molar-refractivity contribution in [3.05, 3.63) is 35.0 Å². The van der Waals surface area contributed by atoms with Gasteiger partial charge in [0.05, 0.1) is 24.0 Å². The second-order valence-electron chi connectivity index (χ2n) is 5.85. The van der Waals surface area contributed by atoms with Crippen LogP contribution in [0, 0.1) is 13.8 Å². The molecule has 0 aliphatic carbocycles. The van der Waals surface area contributed by atoms with E-state index in [1.54, 1.807) is 11.6 Å². The molecule has 3 aromatic rings. The topological polar surface area (TPSA) is 82.2 Å². The zero-order chi connectivity index (χ0) is 17.3. The van der Waals surface area contributed by atoms with Crippen molar-refractivity contribution in [1.29, 1.82) is 0 Å². The highest BCUT2D eigenvalue weighted by molar-refractivity contribution is 5.47. The van der Waals surface area contributed by atoms with E-state index in [1.807, 2.05) is 24.7 Å². The summed E-state index contributed by atoms with van der Waals surface area (Å²) in [5, 5.41) is 12.4. The van der Waals surface area contributed by atoms with Crippen LogP contribution in [0.25, 0.3) is 5.78 Å². The molecule has 1 unspecified atom stereocenters. The van der Waals surface area contributed by atoms with Crippen molar-refractivity contribution in [3.63, 3.8) is 0 Å². The molecule has 0 aliphatic heterocycles.